The van der Waals surface area contributed by atoms with Crippen LogP contribution in [0, 0.1) is 6.92 Å². The number of rotatable bonds is 5. The van der Waals surface area contributed by atoms with Crippen LogP contribution in [0.3, 0.4) is 0 Å². The Bertz CT molecular complexity index is 854. The zero-order chi connectivity index (χ0) is 17.0. The Hall–Kier alpha value is -2.50. The molecule has 2 aromatic carbocycles. The van der Waals surface area contributed by atoms with Crippen LogP contribution in [0.5, 0.6) is 0 Å². The van der Waals surface area contributed by atoms with Crippen LogP contribution in [0.25, 0.3) is 0 Å². The first kappa shape index (κ1) is 16.4. The molecule has 122 valence electrons. The van der Waals surface area contributed by atoms with Crippen molar-refractivity contribution in [3.8, 4) is 0 Å². The summed E-state index contributed by atoms with van der Waals surface area (Å²) in [5.74, 6) is 0. The normalized spacial score (nSPS) is 12.7. The van der Waals surface area contributed by atoms with Gasteiger partial charge in [0, 0.05) is 6.20 Å². The van der Waals surface area contributed by atoms with E-state index in [0.717, 1.165) is 11.1 Å². The molecule has 1 heterocycles. The average molecular weight is 338 g/mol. The number of benzene rings is 2. The van der Waals surface area contributed by atoms with Gasteiger partial charge in [-0.25, -0.2) is 8.42 Å². The minimum absolute atomic E-state index is 0.241. The molecule has 1 atom stereocenters. The summed E-state index contributed by atoms with van der Waals surface area (Å²) in [7, 11) is -3.66. The summed E-state index contributed by atoms with van der Waals surface area (Å²) in [6.45, 7) is 1.92. The number of sulfonamides is 1. The Morgan fingerprint density at radius 3 is 2.17 bits per heavy atom. The van der Waals surface area contributed by atoms with Crippen molar-refractivity contribution in [3.05, 3.63) is 95.8 Å². The molecule has 3 aromatic rings. The molecule has 1 N–H and O–H groups in total. The predicted octanol–water partition coefficient (Wildman–Crippen LogP) is 3.46. The lowest BCUT2D eigenvalue weighted by Crippen LogP contribution is -2.30. The number of aromatic nitrogens is 1. The molecule has 4 nitrogen and oxygen atoms in total. The maximum absolute atomic E-state index is 12.8. The molecule has 0 spiro atoms. The van der Waals surface area contributed by atoms with Gasteiger partial charge in [-0.2, -0.15) is 4.72 Å². The van der Waals surface area contributed by atoms with E-state index in [1.807, 2.05) is 49.4 Å². The van der Waals surface area contributed by atoms with E-state index in [2.05, 4.69) is 9.71 Å². The monoisotopic (exact) mass is 338 g/mol. The summed E-state index contributed by atoms with van der Waals surface area (Å²) >= 11 is 0. The number of pyridine rings is 1. The highest BCUT2D eigenvalue weighted by atomic mass is 32.2. The molecule has 0 bridgehead atoms. The number of hydrogen-bond donors (Lipinski definition) is 1. The molecular weight excluding hydrogens is 320 g/mol. The first-order chi connectivity index (χ1) is 11.6. The van der Waals surface area contributed by atoms with Gasteiger partial charge >= 0.3 is 0 Å². The van der Waals surface area contributed by atoms with Crippen molar-refractivity contribution in [1.82, 2.24) is 9.71 Å². The molecule has 0 aliphatic carbocycles. The molecule has 0 fully saturated rings. The van der Waals surface area contributed by atoms with Crippen LogP contribution >= 0.6 is 0 Å². The third-order valence-corrected chi connectivity index (χ3v) is 5.16. The van der Waals surface area contributed by atoms with E-state index in [-0.39, 0.29) is 4.90 Å². The summed E-state index contributed by atoms with van der Waals surface area (Å²) in [5.41, 5.74) is 2.50. The fourth-order valence-corrected chi connectivity index (χ4v) is 3.63. The molecule has 0 amide bonds. The lowest BCUT2D eigenvalue weighted by atomic mass is 10.0. The number of nitrogens with zero attached hydrogens (tertiary/aromatic N) is 1. The molecule has 0 radical (unpaired) electrons. The van der Waals surface area contributed by atoms with Crippen molar-refractivity contribution in [2.45, 2.75) is 17.9 Å². The minimum Gasteiger partial charge on any atom is -0.259 e. The standard InChI is InChI=1S/C19H18N2O2S/c1-15-10-12-17(13-11-15)24(22,23)21-19(16-7-3-2-4-8-16)18-9-5-6-14-20-18/h2-14,19,21H,1H3. The third-order valence-electron chi connectivity index (χ3n) is 3.72. The lowest BCUT2D eigenvalue weighted by Gasteiger charge is -2.19. The minimum atomic E-state index is -3.66. The largest absolute Gasteiger partial charge is 0.259 e. The van der Waals surface area contributed by atoms with Gasteiger partial charge < -0.3 is 0 Å². The SMILES string of the molecule is Cc1ccc(S(=O)(=O)NC(c2ccccc2)c2ccccn2)cc1. The van der Waals surface area contributed by atoms with Gasteiger partial charge in [-0.1, -0.05) is 54.1 Å². The number of hydrogen-bond acceptors (Lipinski definition) is 3. The zero-order valence-corrected chi connectivity index (χ0v) is 14.1. The molecule has 24 heavy (non-hydrogen) atoms. The summed E-state index contributed by atoms with van der Waals surface area (Å²) in [4.78, 5) is 4.56. The summed E-state index contributed by atoms with van der Waals surface area (Å²) in [6, 6.07) is 21.1. The quantitative estimate of drug-likeness (QED) is 0.775. The molecule has 3 rings (SSSR count). The van der Waals surface area contributed by atoms with Crippen LogP contribution < -0.4 is 4.72 Å². The van der Waals surface area contributed by atoms with Gasteiger partial charge in [-0.3, -0.25) is 4.98 Å². The highest BCUT2D eigenvalue weighted by Crippen LogP contribution is 2.23. The zero-order valence-electron chi connectivity index (χ0n) is 13.3. The Labute approximate surface area is 142 Å². The fraction of sp³-hybridized carbons (Fsp3) is 0.105. The van der Waals surface area contributed by atoms with Crippen LogP contribution in [0.4, 0.5) is 0 Å². The van der Waals surface area contributed by atoms with Crippen molar-refractivity contribution in [3.63, 3.8) is 0 Å². The Kier molecular flexibility index (Phi) is 4.74. The highest BCUT2D eigenvalue weighted by Gasteiger charge is 2.23. The molecule has 0 aliphatic heterocycles. The lowest BCUT2D eigenvalue weighted by molar-refractivity contribution is 0.570. The summed E-state index contributed by atoms with van der Waals surface area (Å²) in [6.07, 6.45) is 1.66. The summed E-state index contributed by atoms with van der Waals surface area (Å²) < 4.78 is 28.3. The Balaban J connectivity index is 1.99. The van der Waals surface area contributed by atoms with Gasteiger partial charge in [0.15, 0.2) is 0 Å². The predicted molar refractivity (Wildman–Crippen MR) is 94.0 cm³/mol. The second-order valence-corrected chi connectivity index (χ2v) is 7.25. The second-order valence-electron chi connectivity index (χ2n) is 5.53. The average Bonchev–Trinajstić information content (AvgIpc) is 2.62. The molecule has 1 unspecified atom stereocenters. The first-order valence-corrected chi connectivity index (χ1v) is 9.09. The van der Waals surface area contributed by atoms with E-state index in [9.17, 15) is 8.42 Å². The third kappa shape index (κ3) is 3.69. The molecule has 0 saturated heterocycles. The van der Waals surface area contributed by atoms with Gasteiger partial charge in [0.25, 0.3) is 0 Å². The van der Waals surface area contributed by atoms with Crippen LogP contribution in [0.15, 0.2) is 83.9 Å². The topological polar surface area (TPSA) is 59.1 Å². The second kappa shape index (κ2) is 6.95. The number of nitrogens with one attached hydrogen (secondary N) is 1. The van der Waals surface area contributed by atoms with E-state index in [1.165, 1.54) is 0 Å². The Morgan fingerprint density at radius 2 is 1.54 bits per heavy atom. The van der Waals surface area contributed by atoms with E-state index in [4.69, 9.17) is 0 Å². The molecular formula is C19H18N2O2S. The van der Waals surface area contributed by atoms with Crippen molar-refractivity contribution in [2.24, 2.45) is 0 Å². The molecule has 1 aromatic heterocycles. The van der Waals surface area contributed by atoms with Crippen LogP contribution in [0.1, 0.15) is 22.9 Å². The van der Waals surface area contributed by atoms with Crippen LogP contribution in [-0.2, 0) is 10.0 Å². The Morgan fingerprint density at radius 1 is 0.875 bits per heavy atom. The van der Waals surface area contributed by atoms with Gasteiger partial charge in [-0.05, 0) is 36.8 Å². The van der Waals surface area contributed by atoms with E-state index in [1.54, 1.807) is 36.5 Å². The summed E-state index contributed by atoms with van der Waals surface area (Å²) in [5, 5.41) is 0. The highest BCUT2D eigenvalue weighted by molar-refractivity contribution is 7.89. The van der Waals surface area contributed by atoms with Crippen molar-refractivity contribution < 1.29 is 8.42 Å². The first-order valence-electron chi connectivity index (χ1n) is 7.61. The van der Waals surface area contributed by atoms with Crippen molar-refractivity contribution in [2.75, 3.05) is 0 Å². The van der Waals surface area contributed by atoms with Gasteiger partial charge in [0.2, 0.25) is 10.0 Å². The maximum atomic E-state index is 12.8. The van der Waals surface area contributed by atoms with Crippen LogP contribution in [-0.4, -0.2) is 13.4 Å². The molecule has 5 heteroatoms. The van der Waals surface area contributed by atoms with Crippen LogP contribution in [0.2, 0.25) is 0 Å². The maximum Gasteiger partial charge on any atom is 0.241 e. The smallest absolute Gasteiger partial charge is 0.241 e. The van der Waals surface area contributed by atoms with Gasteiger partial charge in [-0.15, -0.1) is 0 Å². The van der Waals surface area contributed by atoms with Crippen molar-refractivity contribution >= 4 is 10.0 Å². The molecule has 0 saturated carbocycles. The van der Waals surface area contributed by atoms with Crippen molar-refractivity contribution in [1.29, 1.82) is 0 Å². The van der Waals surface area contributed by atoms with E-state index < -0.39 is 16.1 Å². The van der Waals surface area contributed by atoms with E-state index in [0.29, 0.717) is 5.69 Å². The van der Waals surface area contributed by atoms with E-state index >= 15 is 0 Å². The fourth-order valence-electron chi connectivity index (χ4n) is 2.43. The van der Waals surface area contributed by atoms with Gasteiger partial charge in [0.1, 0.15) is 0 Å². The molecule has 0 aliphatic rings. The number of aryl methyl sites for hydroxylation is 1. The van der Waals surface area contributed by atoms with Gasteiger partial charge in [0.05, 0.1) is 16.6 Å².